The molecule has 0 bridgehead atoms. The third-order valence-corrected chi connectivity index (χ3v) is 3.55. The van der Waals surface area contributed by atoms with Gasteiger partial charge in [-0.3, -0.25) is 9.97 Å². The van der Waals surface area contributed by atoms with E-state index in [9.17, 15) is 0 Å². The molecule has 4 heteroatoms. The SMILES string of the molecule is CC(Cc1ccc(Br)cc1)NC(C)c1cnccn1. The van der Waals surface area contributed by atoms with Gasteiger partial charge in [0.15, 0.2) is 0 Å². The predicted octanol–water partition coefficient (Wildman–Crippen LogP) is 3.52. The van der Waals surface area contributed by atoms with Gasteiger partial charge in [0.2, 0.25) is 0 Å². The number of nitrogens with zero attached hydrogens (tertiary/aromatic N) is 2. The van der Waals surface area contributed by atoms with E-state index in [1.54, 1.807) is 12.4 Å². The van der Waals surface area contributed by atoms with Crippen molar-refractivity contribution in [3.63, 3.8) is 0 Å². The Morgan fingerprint density at radius 2 is 1.89 bits per heavy atom. The van der Waals surface area contributed by atoms with Crippen molar-refractivity contribution in [1.29, 1.82) is 0 Å². The lowest BCUT2D eigenvalue weighted by Crippen LogP contribution is -2.31. The van der Waals surface area contributed by atoms with Crippen molar-refractivity contribution < 1.29 is 0 Å². The fraction of sp³-hybridized carbons (Fsp3) is 0.333. The third-order valence-electron chi connectivity index (χ3n) is 3.02. The molecule has 0 saturated heterocycles. The molecule has 19 heavy (non-hydrogen) atoms. The molecule has 0 amide bonds. The molecule has 1 aromatic carbocycles. The first-order valence-corrected chi connectivity index (χ1v) is 7.21. The average Bonchev–Trinajstić information content (AvgIpc) is 2.42. The van der Waals surface area contributed by atoms with Crippen molar-refractivity contribution in [2.75, 3.05) is 0 Å². The van der Waals surface area contributed by atoms with Crippen LogP contribution in [0, 0.1) is 0 Å². The summed E-state index contributed by atoms with van der Waals surface area (Å²) in [4.78, 5) is 8.42. The lowest BCUT2D eigenvalue weighted by atomic mass is 10.1. The van der Waals surface area contributed by atoms with Gasteiger partial charge in [-0.15, -0.1) is 0 Å². The number of halogens is 1. The van der Waals surface area contributed by atoms with E-state index in [0.717, 1.165) is 16.6 Å². The quantitative estimate of drug-likeness (QED) is 0.916. The molecule has 2 atom stereocenters. The normalized spacial score (nSPS) is 14.1. The van der Waals surface area contributed by atoms with Crippen LogP contribution in [0.2, 0.25) is 0 Å². The predicted molar refractivity (Wildman–Crippen MR) is 80.9 cm³/mol. The molecule has 2 unspecified atom stereocenters. The molecule has 3 nitrogen and oxygen atoms in total. The van der Waals surface area contributed by atoms with Crippen molar-refractivity contribution >= 4 is 15.9 Å². The fourth-order valence-electron chi connectivity index (χ4n) is 2.08. The van der Waals surface area contributed by atoms with Gasteiger partial charge in [0.1, 0.15) is 0 Å². The lowest BCUT2D eigenvalue weighted by molar-refractivity contribution is 0.469. The van der Waals surface area contributed by atoms with Gasteiger partial charge >= 0.3 is 0 Å². The smallest absolute Gasteiger partial charge is 0.0753 e. The first-order chi connectivity index (χ1) is 9.15. The van der Waals surface area contributed by atoms with E-state index in [4.69, 9.17) is 0 Å². The number of hydrogen-bond donors (Lipinski definition) is 1. The van der Waals surface area contributed by atoms with Crippen LogP contribution in [-0.2, 0) is 6.42 Å². The molecular weight excluding hydrogens is 302 g/mol. The Morgan fingerprint density at radius 3 is 2.53 bits per heavy atom. The molecule has 0 fully saturated rings. The summed E-state index contributed by atoms with van der Waals surface area (Å²) in [5, 5.41) is 3.54. The van der Waals surface area contributed by atoms with E-state index in [0.29, 0.717) is 6.04 Å². The Bertz CT molecular complexity index is 499. The van der Waals surface area contributed by atoms with Crippen LogP contribution < -0.4 is 5.32 Å². The maximum atomic E-state index is 4.32. The summed E-state index contributed by atoms with van der Waals surface area (Å²) in [5.41, 5.74) is 2.31. The molecule has 2 aromatic rings. The number of rotatable bonds is 5. The van der Waals surface area contributed by atoms with Gasteiger partial charge in [-0.25, -0.2) is 0 Å². The second-order valence-corrected chi connectivity index (χ2v) is 5.67. The highest BCUT2D eigenvalue weighted by atomic mass is 79.9. The van der Waals surface area contributed by atoms with Crippen LogP contribution in [0.4, 0.5) is 0 Å². The molecule has 0 aliphatic carbocycles. The van der Waals surface area contributed by atoms with Gasteiger partial charge in [-0.2, -0.15) is 0 Å². The summed E-state index contributed by atoms with van der Waals surface area (Å²) in [5.74, 6) is 0. The summed E-state index contributed by atoms with van der Waals surface area (Å²) in [6.07, 6.45) is 6.23. The van der Waals surface area contributed by atoms with Crippen molar-refractivity contribution in [3.05, 3.63) is 58.6 Å². The lowest BCUT2D eigenvalue weighted by Gasteiger charge is -2.19. The molecule has 1 heterocycles. The minimum Gasteiger partial charge on any atom is -0.306 e. The summed E-state index contributed by atoms with van der Waals surface area (Å²) in [6, 6.07) is 9.05. The van der Waals surface area contributed by atoms with E-state index >= 15 is 0 Å². The average molecular weight is 320 g/mol. The highest BCUT2D eigenvalue weighted by Crippen LogP contribution is 2.13. The number of aromatic nitrogens is 2. The summed E-state index contributed by atoms with van der Waals surface area (Å²) in [6.45, 7) is 4.30. The van der Waals surface area contributed by atoms with Gasteiger partial charge in [0, 0.05) is 35.1 Å². The topological polar surface area (TPSA) is 37.8 Å². The first kappa shape index (κ1) is 14.2. The van der Waals surface area contributed by atoms with E-state index < -0.39 is 0 Å². The van der Waals surface area contributed by atoms with E-state index in [1.807, 2.05) is 6.20 Å². The highest BCUT2D eigenvalue weighted by molar-refractivity contribution is 9.10. The Kier molecular flexibility index (Phi) is 5.05. The number of hydrogen-bond acceptors (Lipinski definition) is 3. The minimum atomic E-state index is 0.208. The fourth-order valence-corrected chi connectivity index (χ4v) is 2.34. The zero-order valence-electron chi connectivity index (χ0n) is 11.2. The van der Waals surface area contributed by atoms with Crippen LogP contribution in [0.15, 0.2) is 47.3 Å². The van der Waals surface area contributed by atoms with Crippen molar-refractivity contribution in [1.82, 2.24) is 15.3 Å². The van der Waals surface area contributed by atoms with Crippen LogP contribution in [-0.4, -0.2) is 16.0 Å². The van der Waals surface area contributed by atoms with Crippen LogP contribution in [0.5, 0.6) is 0 Å². The second-order valence-electron chi connectivity index (χ2n) is 4.75. The third kappa shape index (κ3) is 4.40. The molecule has 0 spiro atoms. The maximum absolute atomic E-state index is 4.32. The molecule has 1 N–H and O–H groups in total. The molecule has 1 aromatic heterocycles. The van der Waals surface area contributed by atoms with Gasteiger partial charge in [0.25, 0.3) is 0 Å². The van der Waals surface area contributed by atoms with Crippen molar-refractivity contribution in [2.45, 2.75) is 32.4 Å². The molecule has 2 rings (SSSR count). The van der Waals surface area contributed by atoms with Crippen molar-refractivity contribution in [2.24, 2.45) is 0 Å². The Hall–Kier alpha value is -1.26. The summed E-state index contributed by atoms with van der Waals surface area (Å²) in [7, 11) is 0. The molecule has 0 saturated carbocycles. The zero-order valence-corrected chi connectivity index (χ0v) is 12.8. The van der Waals surface area contributed by atoms with Gasteiger partial charge in [-0.05, 0) is 38.0 Å². The second kappa shape index (κ2) is 6.78. The van der Waals surface area contributed by atoms with Crippen LogP contribution in [0.1, 0.15) is 31.1 Å². The molecule has 0 aliphatic heterocycles. The molecule has 0 aliphatic rings. The minimum absolute atomic E-state index is 0.208. The Balaban J connectivity index is 1.90. The van der Waals surface area contributed by atoms with E-state index in [1.165, 1.54) is 5.56 Å². The van der Waals surface area contributed by atoms with Crippen molar-refractivity contribution in [3.8, 4) is 0 Å². The largest absolute Gasteiger partial charge is 0.306 e. The van der Waals surface area contributed by atoms with Gasteiger partial charge in [-0.1, -0.05) is 28.1 Å². The number of benzene rings is 1. The molecular formula is C15H18BrN3. The van der Waals surface area contributed by atoms with Gasteiger partial charge < -0.3 is 5.32 Å². The summed E-state index contributed by atoms with van der Waals surface area (Å²) >= 11 is 3.45. The Morgan fingerprint density at radius 1 is 1.16 bits per heavy atom. The number of nitrogens with one attached hydrogen (secondary N) is 1. The van der Waals surface area contributed by atoms with Gasteiger partial charge in [0.05, 0.1) is 5.69 Å². The zero-order chi connectivity index (χ0) is 13.7. The van der Waals surface area contributed by atoms with E-state index in [2.05, 4.69) is 69.3 Å². The first-order valence-electron chi connectivity index (χ1n) is 6.41. The summed E-state index contributed by atoms with van der Waals surface area (Å²) < 4.78 is 1.12. The molecule has 0 radical (unpaired) electrons. The standard InChI is InChI=1S/C15H18BrN3/c1-11(9-13-3-5-14(16)6-4-13)19-12(2)15-10-17-7-8-18-15/h3-8,10-12,19H,9H2,1-2H3. The maximum Gasteiger partial charge on any atom is 0.0753 e. The monoisotopic (exact) mass is 319 g/mol. The van der Waals surface area contributed by atoms with Crippen LogP contribution in [0.25, 0.3) is 0 Å². The van der Waals surface area contributed by atoms with E-state index in [-0.39, 0.29) is 6.04 Å². The molecule has 100 valence electrons. The highest BCUT2D eigenvalue weighted by Gasteiger charge is 2.11. The van der Waals surface area contributed by atoms with Crippen LogP contribution in [0.3, 0.4) is 0 Å². The Labute approximate surface area is 122 Å². The van der Waals surface area contributed by atoms with Crippen LogP contribution >= 0.6 is 15.9 Å².